The lowest BCUT2D eigenvalue weighted by atomic mass is 10.1. The zero-order valence-corrected chi connectivity index (χ0v) is 13.5. The molecule has 1 aromatic heterocycles. The number of aliphatic hydroxyl groups is 1. The Labute approximate surface area is 125 Å². The van der Waals surface area contributed by atoms with Crippen LogP contribution in [0.25, 0.3) is 10.9 Å². The highest BCUT2D eigenvalue weighted by atomic mass is 32.2. The van der Waals surface area contributed by atoms with Crippen LogP contribution in [0.1, 0.15) is 19.4 Å². The van der Waals surface area contributed by atoms with Crippen molar-refractivity contribution in [3.05, 3.63) is 36.0 Å². The van der Waals surface area contributed by atoms with E-state index in [2.05, 4.69) is 4.98 Å². The van der Waals surface area contributed by atoms with Gasteiger partial charge in [-0.2, -0.15) is 4.31 Å². The zero-order valence-electron chi connectivity index (χ0n) is 12.7. The number of hydrogen-bond donors (Lipinski definition) is 1. The lowest BCUT2D eigenvalue weighted by Crippen LogP contribution is -2.47. The van der Waals surface area contributed by atoms with Crippen LogP contribution in [0.2, 0.25) is 0 Å². The Bertz CT molecular complexity index is 770. The van der Waals surface area contributed by atoms with Gasteiger partial charge >= 0.3 is 0 Å². The van der Waals surface area contributed by atoms with Gasteiger partial charge in [-0.3, -0.25) is 4.98 Å². The van der Waals surface area contributed by atoms with Gasteiger partial charge in [-0.25, -0.2) is 8.42 Å². The molecule has 0 saturated carbocycles. The average molecular weight is 308 g/mol. The fraction of sp³-hybridized carbons (Fsp3) is 0.400. The normalized spacial score (nSPS) is 13.0. The Hall–Kier alpha value is -1.50. The SMILES string of the molecule is Cc1cnc2c(S(=O)(=O)N(C)C(C)(C)CO)cccc2c1. The summed E-state index contributed by atoms with van der Waals surface area (Å²) in [5, 5.41) is 10.2. The first-order valence-electron chi connectivity index (χ1n) is 6.65. The number of rotatable bonds is 4. The molecule has 0 spiro atoms. The van der Waals surface area contributed by atoms with E-state index in [1.165, 1.54) is 11.4 Å². The van der Waals surface area contributed by atoms with E-state index in [1.54, 1.807) is 32.2 Å². The van der Waals surface area contributed by atoms with Crippen molar-refractivity contribution in [1.29, 1.82) is 0 Å². The van der Waals surface area contributed by atoms with Crippen LogP contribution in [0.4, 0.5) is 0 Å². The summed E-state index contributed by atoms with van der Waals surface area (Å²) in [7, 11) is -2.27. The van der Waals surface area contributed by atoms with Crippen LogP contribution in [0.5, 0.6) is 0 Å². The van der Waals surface area contributed by atoms with E-state index in [1.807, 2.05) is 19.1 Å². The van der Waals surface area contributed by atoms with Gasteiger partial charge in [0, 0.05) is 18.6 Å². The van der Waals surface area contributed by atoms with Crippen LogP contribution in [-0.2, 0) is 10.0 Å². The number of aryl methyl sites for hydroxylation is 1. The Balaban J connectivity index is 2.66. The van der Waals surface area contributed by atoms with Crippen LogP contribution in [0, 0.1) is 6.92 Å². The molecule has 0 atom stereocenters. The third kappa shape index (κ3) is 2.79. The highest BCUT2D eigenvalue weighted by Crippen LogP contribution is 2.27. The summed E-state index contributed by atoms with van der Waals surface area (Å²) in [6.07, 6.45) is 1.65. The lowest BCUT2D eigenvalue weighted by molar-refractivity contribution is 0.138. The molecule has 114 valence electrons. The molecule has 2 aromatic rings. The molecule has 0 amide bonds. The molecule has 0 aliphatic rings. The largest absolute Gasteiger partial charge is 0.394 e. The number of pyridine rings is 1. The number of benzene rings is 1. The lowest BCUT2D eigenvalue weighted by Gasteiger charge is -2.32. The van der Waals surface area contributed by atoms with E-state index in [9.17, 15) is 13.5 Å². The van der Waals surface area contributed by atoms with E-state index >= 15 is 0 Å². The molecule has 0 aliphatic heterocycles. The van der Waals surface area contributed by atoms with E-state index in [-0.39, 0.29) is 11.5 Å². The van der Waals surface area contributed by atoms with Crippen molar-refractivity contribution in [2.24, 2.45) is 0 Å². The van der Waals surface area contributed by atoms with Crippen LogP contribution >= 0.6 is 0 Å². The second-order valence-electron chi connectivity index (χ2n) is 5.78. The van der Waals surface area contributed by atoms with Crippen LogP contribution in [0.15, 0.2) is 35.4 Å². The molecular weight excluding hydrogens is 288 g/mol. The number of hydrogen-bond acceptors (Lipinski definition) is 4. The number of aromatic nitrogens is 1. The molecule has 0 radical (unpaired) electrons. The smallest absolute Gasteiger partial charge is 0.245 e. The fourth-order valence-electron chi connectivity index (χ4n) is 2.02. The Morgan fingerprint density at radius 3 is 2.62 bits per heavy atom. The molecule has 1 heterocycles. The van der Waals surface area contributed by atoms with Crippen LogP contribution in [0.3, 0.4) is 0 Å². The molecule has 1 aromatic carbocycles. The van der Waals surface area contributed by atoms with Crippen molar-refractivity contribution in [1.82, 2.24) is 9.29 Å². The molecule has 1 N–H and O–H groups in total. The Kier molecular flexibility index (Phi) is 4.06. The maximum atomic E-state index is 12.8. The van der Waals surface area contributed by atoms with Crippen molar-refractivity contribution >= 4 is 20.9 Å². The Morgan fingerprint density at radius 1 is 1.33 bits per heavy atom. The minimum absolute atomic E-state index is 0.157. The second-order valence-corrected chi connectivity index (χ2v) is 7.72. The third-order valence-corrected chi connectivity index (χ3v) is 5.79. The topological polar surface area (TPSA) is 70.5 Å². The summed E-state index contributed by atoms with van der Waals surface area (Å²) in [4.78, 5) is 4.43. The summed E-state index contributed by atoms with van der Waals surface area (Å²) >= 11 is 0. The van der Waals surface area contributed by atoms with Gasteiger partial charge in [0.05, 0.1) is 17.7 Å². The minimum atomic E-state index is -3.74. The average Bonchev–Trinajstić information content (AvgIpc) is 2.45. The van der Waals surface area contributed by atoms with Crippen LogP contribution in [-0.4, -0.2) is 42.0 Å². The number of fused-ring (bicyclic) bond motifs is 1. The number of nitrogens with zero attached hydrogens (tertiary/aromatic N) is 2. The molecule has 6 heteroatoms. The molecule has 2 rings (SSSR count). The van der Waals surface area contributed by atoms with E-state index in [0.717, 1.165) is 10.9 Å². The summed E-state index contributed by atoms with van der Waals surface area (Å²) in [5.74, 6) is 0. The zero-order chi connectivity index (χ0) is 15.8. The molecule has 0 fully saturated rings. The van der Waals surface area contributed by atoms with Gasteiger partial charge in [0.1, 0.15) is 4.90 Å². The number of aliphatic hydroxyl groups excluding tert-OH is 1. The first-order valence-corrected chi connectivity index (χ1v) is 8.09. The van der Waals surface area contributed by atoms with Gasteiger partial charge < -0.3 is 5.11 Å². The fourth-order valence-corrected chi connectivity index (χ4v) is 3.69. The van der Waals surface area contributed by atoms with Gasteiger partial charge in [0.15, 0.2) is 0 Å². The molecule has 0 saturated heterocycles. The number of likely N-dealkylation sites (N-methyl/N-ethyl adjacent to an activating group) is 1. The van der Waals surface area contributed by atoms with Gasteiger partial charge in [0.2, 0.25) is 10.0 Å². The van der Waals surface area contributed by atoms with E-state index in [0.29, 0.717) is 5.52 Å². The van der Waals surface area contributed by atoms with Gasteiger partial charge in [-0.15, -0.1) is 0 Å². The van der Waals surface area contributed by atoms with Gasteiger partial charge in [0.25, 0.3) is 0 Å². The highest BCUT2D eigenvalue weighted by molar-refractivity contribution is 7.89. The van der Waals surface area contributed by atoms with Gasteiger partial charge in [-0.1, -0.05) is 12.1 Å². The molecular formula is C15H20N2O3S. The van der Waals surface area contributed by atoms with Crippen molar-refractivity contribution in [2.75, 3.05) is 13.7 Å². The predicted octanol–water partition coefficient (Wildman–Crippen LogP) is 1.93. The maximum absolute atomic E-state index is 12.8. The predicted molar refractivity (Wildman–Crippen MR) is 82.6 cm³/mol. The standard InChI is InChI=1S/C15H20N2O3S/c1-11-8-12-6-5-7-13(14(12)16-9-11)21(19,20)17(4)15(2,3)10-18/h5-9,18H,10H2,1-4H3. The quantitative estimate of drug-likeness (QED) is 0.937. The van der Waals surface area contributed by atoms with E-state index < -0.39 is 15.6 Å². The number of sulfonamides is 1. The van der Waals surface area contributed by atoms with Crippen molar-refractivity contribution < 1.29 is 13.5 Å². The van der Waals surface area contributed by atoms with Crippen molar-refractivity contribution in [2.45, 2.75) is 31.2 Å². The summed E-state index contributed by atoms with van der Waals surface area (Å²) < 4.78 is 26.8. The Morgan fingerprint density at radius 2 is 2.00 bits per heavy atom. The molecule has 0 unspecified atom stereocenters. The monoisotopic (exact) mass is 308 g/mol. The first-order chi connectivity index (χ1) is 9.70. The van der Waals surface area contributed by atoms with Crippen molar-refractivity contribution in [3.8, 4) is 0 Å². The maximum Gasteiger partial charge on any atom is 0.245 e. The number of para-hydroxylation sites is 1. The summed E-state index contributed by atoms with van der Waals surface area (Å²) in [6, 6.07) is 6.99. The third-order valence-electron chi connectivity index (χ3n) is 3.69. The van der Waals surface area contributed by atoms with Gasteiger partial charge in [-0.05, 0) is 38.5 Å². The molecule has 21 heavy (non-hydrogen) atoms. The minimum Gasteiger partial charge on any atom is -0.394 e. The molecule has 5 nitrogen and oxygen atoms in total. The summed E-state index contributed by atoms with van der Waals surface area (Å²) in [6.45, 7) is 5.00. The van der Waals surface area contributed by atoms with Crippen molar-refractivity contribution in [3.63, 3.8) is 0 Å². The molecule has 0 bridgehead atoms. The highest BCUT2D eigenvalue weighted by Gasteiger charge is 2.34. The van der Waals surface area contributed by atoms with E-state index in [4.69, 9.17) is 0 Å². The van der Waals surface area contributed by atoms with Crippen LogP contribution < -0.4 is 0 Å². The first kappa shape index (κ1) is 15.9. The molecule has 0 aliphatic carbocycles. The summed E-state index contributed by atoms with van der Waals surface area (Å²) in [5.41, 5.74) is 0.538. The second kappa shape index (κ2) is 5.36.